The van der Waals surface area contributed by atoms with E-state index in [1.807, 2.05) is 0 Å². The number of halogens is 3. The van der Waals surface area contributed by atoms with Crippen LogP contribution in [0, 0.1) is 17.0 Å². The Morgan fingerprint density at radius 1 is 1.00 bits per heavy atom. The molecule has 0 aliphatic carbocycles. The Labute approximate surface area is 225 Å². The molecule has 0 atom stereocenters. The molecule has 12 heteroatoms. The molecule has 4 amide bonds. The van der Waals surface area contributed by atoms with Gasteiger partial charge < -0.3 is 4.74 Å². The van der Waals surface area contributed by atoms with Crippen LogP contribution in [0.1, 0.15) is 16.7 Å². The fraction of sp³-hybridized carbons (Fsp3) is 0.0800. The van der Waals surface area contributed by atoms with Crippen LogP contribution in [0.5, 0.6) is 5.75 Å². The zero-order valence-corrected chi connectivity index (χ0v) is 21.2. The fourth-order valence-electron chi connectivity index (χ4n) is 3.48. The quantitative estimate of drug-likeness (QED) is 0.168. The number of non-ortho nitro benzene ring substituents is 1. The number of aryl methyl sites for hydroxylation is 1. The molecule has 1 aliphatic rings. The van der Waals surface area contributed by atoms with Gasteiger partial charge >= 0.3 is 6.03 Å². The summed E-state index contributed by atoms with van der Waals surface area (Å²) in [6, 6.07) is 12.3. The first-order valence-electron chi connectivity index (χ1n) is 10.6. The minimum atomic E-state index is -0.925. The maximum absolute atomic E-state index is 13.3. The highest BCUT2D eigenvalue weighted by Gasteiger charge is 2.37. The van der Waals surface area contributed by atoms with Crippen LogP contribution in [-0.4, -0.2) is 22.8 Å². The summed E-state index contributed by atoms with van der Waals surface area (Å²) < 4.78 is 5.84. The lowest BCUT2D eigenvalue weighted by Gasteiger charge is -2.26. The van der Waals surface area contributed by atoms with E-state index in [-0.39, 0.29) is 44.9 Å². The second kappa shape index (κ2) is 10.6. The molecule has 1 N–H and O–H groups in total. The molecule has 9 nitrogen and oxygen atoms in total. The number of carbonyl (C=O) groups is 3. The summed E-state index contributed by atoms with van der Waals surface area (Å²) in [5.74, 6) is -1.69. The molecule has 0 aromatic heterocycles. The molecule has 0 radical (unpaired) electrons. The summed E-state index contributed by atoms with van der Waals surface area (Å²) in [6.45, 7) is 1.74. The van der Waals surface area contributed by atoms with Gasteiger partial charge in [0.05, 0.1) is 15.6 Å². The van der Waals surface area contributed by atoms with Crippen LogP contribution in [0.4, 0.5) is 16.2 Å². The van der Waals surface area contributed by atoms with E-state index in [1.165, 1.54) is 54.6 Å². The van der Waals surface area contributed by atoms with Gasteiger partial charge in [-0.25, -0.2) is 9.69 Å². The molecule has 3 aromatic carbocycles. The molecule has 188 valence electrons. The number of carbonyl (C=O) groups excluding carboxylic acids is 3. The number of barbiturate groups is 1. The van der Waals surface area contributed by atoms with E-state index < -0.39 is 22.8 Å². The Bertz CT molecular complexity index is 1490. The van der Waals surface area contributed by atoms with Crippen molar-refractivity contribution in [2.45, 2.75) is 13.5 Å². The van der Waals surface area contributed by atoms with Crippen molar-refractivity contribution in [1.29, 1.82) is 0 Å². The first kappa shape index (κ1) is 26.2. The minimum Gasteiger partial charge on any atom is -0.487 e. The third-order valence-electron chi connectivity index (χ3n) is 5.38. The number of nitrogens with one attached hydrogen (secondary N) is 1. The Morgan fingerprint density at radius 2 is 1.70 bits per heavy atom. The molecule has 1 aliphatic heterocycles. The van der Waals surface area contributed by atoms with Gasteiger partial charge in [-0.3, -0.25) is 25.0 Å². The monoisotopic (exact) mass is 559 g/mol. The van der Waals surface area contributed by atoms with E-state index in [4.69, 9.17) is 39.5 Å². The van der Waals surface area contributed by atoms with Crippen molar-refractivity contribution in [2.24, 2.45) is 0 Å². The van der Waals surface area contributed by atoms with Crippen LogP contribution in [0.3, 0.4) is 0 Å². The normalized spacial score (nSPS) is 14.6. The summed E-state index contributed by atoms with van der Waals surface area (Å²) in [5.41, 5.74) is 1.29. The average Bonchev–Trinajstić information content (AvgIpc) is 2.83. The zero-order valence-electron chi connectivity index (χ0n) is 19.0. The first-order valence-corrected chi connectivity index (χ1v) is 11.7. The lowest BCUT2D eigenvalue weighted by molar-refractivity contribution is -0.384. The van der Waals surface area contributed by atoms with Crippen molar-refractivity contribution in [1.82, 2.24) is 5.32 Å². The lowest BCUT2D eigenvalue weighted by atomic mass is 10.1. The largest absolute Gasteiger partial charge is 0.487 e. The number of anilines is 1. The van der Waals surface area contributed by atoms with Gasteiger partial charge in [-0.1, -0.05) is 40.9 Å². The van der Waals surface area contributed by atoms with Gasteiger partial charge in [0.1, 0.15) is 17.9 Å². The van der Waals surface area contributed by atoms with E-state index >= 15 is 0 Å². The Kier molecular flexibility index (Phi) is 7.49. The van der Waals surface area contributed by atoms with Crippen LogP contribution >= 0.6 is 34.8 Å². The predicted molar refractivity (Wildman–Crippen MR) is 139 cm³/mol. The molecule has 0 saturated carbocycles. The molecular weight excluding hydrogens is 545 g/mol. The van der Waals surface area contributed by atoms with Crippen molar-refractivity contribution < 1.29 is 24.0 Å². The van der Waals surface area contributed by atoms with Crippen molar-refractivity contribution in [2.75, 3.05) is 4.90 Å². The van der Waals surface area contributed by atoms with Crippen molar-refractivity contribution >= 4 is 70.1 Å². The van der Waals surface area contributed by atoms with Crippen LogP contribution in [0.15, 0.2) is 60.2 Å². The summed E-state index contributed by atoms with van der Waals surface area (Å²) >= 11 is 18.7. The Hall–Kier alpha value is -3.92. The van der Waals surface area contributed by atoms with Gasteiger partial charge in [-0.2, -0.15) is 0 Å². The van der Waals surface area contributed by atoms with Crippen LogP contribution in [-0.2, 0) is 16.2 Å². The standard InChI is InChI=1S/C25H16Cl3N3O6/c1-13-2-5-18(11-20(13)27)30-24(33)19(23(32)29-25(30)34)9-15-8-16(26)10-21(28)22(15)37-12-14-3-6-17(7-4-14)31(35)36/h2-11H,12H2,1H3,(H,29,32,34)/b19-9+. The van der Waals surface area contributed by atoms with Gasteiger partial charge in [-0.15, -0.1) is 0 Å². The molecule has 1 saturated heterocycles. The molecule has 0 spiro atoms. The number of benzene rings is 3. The third kappa shape index (κ3) is 5.59. The average molecular weight is 561 g/mol. The lowest BCUT2D eigenvalue weighted by Crippen LogP contribution is -2.54. The summed E-state index contributed by atoms with van der Waals surface area (Å²) in [7, 11) is 0. The molecule has 4 rings (SSSR count). The summed E-state index contributed by atoms with van der Waals surface area (Å²) in [4.78, 5) is 49.5. The first-order chi connectivity index (χ1) is 17.5. The maximum Gasteiger partial charge on any atom is 0.335 e. The molecule has 37 heavy (non-hydrogen) atoms. The number of imide groups is 2. The summed E-state index contributed by atoms with van der Waals surface area (Å²) in [5, 5.41) is 13.7. The van der Waals surface area contributed by atoms with E-state index in [9.17, 15) is 24.5 Å². The topological polar surface area (TPSA) is 119 Å². The number of ether oxygens (including phenoxy) is 1. The number of hydrogen-bond acceptors (Lipinski definition) is 6. The minimum absolute atomic E-state index is 0.0257. The second-order valence-electron chi connectivity index (χ2n) is 7.91. The van der Waals surface area contributed by atoms with Crippen molar-refractivity contribution in [3.05, 3.63) is 102 Å². The summed E-state index contributed by atoms with van der Waals surface area (Å²) in [6.07, 6.45) is 1.22. The highest BCUT2D eigenvalue weighted by Crippen LogP contribution is 2.35. The SMILES string of the molecule is Cc1ccc(N2C(=O)NC(=O)/C(=C\c3cc(Cl)cc(Cl)c3OCc3ccc([N+](=O)[O-])cc3)C2=O)cc1Cl. The van der Waals surface area contributed by atoms with E-state index in [0.717, 1.165) is 10.5 Å². The van der Waals surface area contributed by atoms with Gasteiger partial charge in [0.25, 0.3) is 17.5 Å². The second-order valence-corrected chi connectivity index (χ2v) is 9.16. The smallest absolute Gasteiger partial charge is 0.335 e. The maximum atomic E-state index is 13.3. The van der Waals surface area contributed by atoms with Crippen molar-refractivity contribution in [3.8, 4) is 5.75 Å². The van der Waals surface area contributed by atoms with Crippen molar-refractivity contribution in [3.63, 3.8) is 0 Å². The number of nitro benzene ring substituents is 1. The van der Waals surface area contributed by atoms with Crippen LogP contribution in [0.2, 0.25) is 15.1 Å². The van der Waals surface area contributed by atoms with Gasteiger partial charge in [-0.05, 0) is 60.5 Å². The van der Waals surface area contributed by atoms with E-state index in [0.29, 0.717) is 10.6 Å². The fourth-order valence-corrected chi connectivity index (χ4v) is 4.22. The third-order valence-corrected chi connectivity index (χ3v) is 6.29. The Morgan fingerprint density at radius 3 is 2.35 bits per heavy atom. The van der Waals surface area contributed by atoms with Crippen LogP contribution in [0.25, 0.3) is 6.08 Å². The van der Waals surface area contributed by atoms with Gasteiger partial charge in [0, 0.05) is 27.7 Å². The molecule has 0 unspecified atom stereocenters. The van der Waals surface area contributed by atoms with E-state index in [1.54, 1.807) is 13.0 Å². The van der Waals surface area contributed by atoms with Gasteiger partial charge in [0.15, 0.2) is 0 Å². The van der Waals surface area contributed by atoms with E-state index in [2.05, 4.69) is 5.32 Å². The molecular formula is C25H16Cl3N3O6. The predicted octanol–water partition coefficient (Wildman–Crippen LogP) is 6.11. The number of rotatable bonds is 6. The number of nitro groups is 1. The van der Waals surface area contributed by atoms with Gasteiger partial charge in [0.2, 0.25) is 0 Å². The molecule has 0 bridgehead atoms. The Balaban J connectivity index is 1.69. The number of nitrogens with zero attached hydrogens (tertiary/aromatic N) is 2. The number of urea groups is 1. The molecule has 1 fully saturated rings. The highest BCUT2D eigenvalue weighted by atomic mass is 35.5. The molecule has 3 aromatic rings. The number of hydrogen-bond donors (Lipinski definition) is 1. The highest BCUT2D eigenvalue weighted by molar-refractivity contribution is 6.40. The zero-order chi connectivity index (χ0) is 26.9. The number of amides is 4. The van der Waals surface area contributed by atoms with Crippen LogP contribution < -0.4 is 15.0 Å². The molecule has 1 heterocycles.